The molecule has 0 amide bonds. The molecule has 1 atom stereocenters. The molecule has 2 rings (SSSR count). The van der Waals surface area contributed by atoms with Gasteiger partial charge in [-0.15, -0.1) is 0 Å². The van der Waals surface area contributed by atoms with E-state index in [1.54, 1.807) is 12.1 Å². The maximum atomic E-state index is 10.8. The van der Waals surface area contributed by atoms with Crippen molar-refractivity contribution in [1.29, 1.82) is 0 Å². The fraction of sp³-hybridized carbons (Fsp3) is 0.533. The van der Waals surface area contributed by atoms with Crippen LogP contribution in [0.1, 0.15) is 42.1 Å². The van der Waals surface area contributed by atoms with Crippen LogP contribution in [0.4, 0.5) is 0 Å². The Morgan fingerprint density at radius 1 is 1.39 bits per heavy atom. The SMILES string of the molecule is CCC1CCCN(Cc2ccc(C(=O)O)cc2)C1. The minimum atomic E-state index is -0.856. The Morgan fingerprint density at radius 2 is 2.11 bits per heavy atom. The largest absolute Gasteiger partial charge is 0.478 e. The highest BCUT2D eigenvalue weighted by Gasteiger charge is 2.18. The molecular weight excluding hydrogens is 226 g/mol. The van der Waals surface area contributed by atoms with Crippen LogP contribution in [0.25, 0.3) is 0 Å². The van der Waals surface area contributed by atoms with Crippen molar-refractivity contribution in [2.75, 3.05) is 13.1 Å². The number of piperidine rings is 1. The molecule has 1 fully saturated rings. The number of benzene rings is 1. The summed E-state index contributed by atoms with van der Waals surface area (Å²) in [6, 6.07) is 7.25. The van der Waals surface area contributed by atoms with Crippen LogP contribution in [0.3, 0.4) is 0 Å². The number of rotatable bonds is 4. The molecule has 0 aromatic heterocycles. The van der Waals surface area contributed by atoms with E-state index in [0.29, 0.717) is 5.56 Å². The lowest BCUT2D eigenvalue weighted by Crippen LogP contribution is -2.34. The third-order valence-electron chi connectivity index (χ3n) is 3.79. The van der Waals surface area contributed by atoms with E-state index < -0.39 is 5.97 Å². The molecule has 0 saturated carbocycles. The molecule has 1 unspecified atom stereocenters. The zero-order chi connectivity index (χ0) is 13.0. The van der Waals surface area contributed by atoms with E-state index in [-0.39, 0.29) is 0 Å². The van der Waals surface area contributed by atoms with Gasteiger partial charge in [-0.1, -0.05) is 25.5 Å². The molecule has 3 heteroatoms. The molecule has 1 saturated heterocycles. The van der Waals surface area contributed by atoms with Crippen molar-refractivity contribution in [2.24, 2.45) is 5.92 Å². The maximum absolute atomic E-state index is 10.8. The van der Waals surface area contributed by atoms with Crippen molar-refractivity contribution < 1.29 is 9.90 Å². The van der Waals surface area contributed by atoms with Crippen molar-refractivity contribution in [2.45, 2.75) is 32.7 Å². The molecule has 0 aliphatic carbocycles. The van der Waals surface area contributed by atoms with Crippen molar-refractivity contribution >= 4 is 5.97 Å². The quantitative estimate of drug-likeness (QED) is 0.889. The monoisotopic (exact) mass is 247 g/mol. The second-order valence-electron chi connectivity index (χ2n) is 5.15. The molecule has 0 radical (unpaired) electrons. The molecular formula is C15H21NO2. The second-order valence-corrected chi connectivity index (χ2v) is 5.15. The van der Waals surface area contributed by atoms with Crippen LogP contribution in [-0.4, -0.2) is 29.1 Å². The summed E-state index contributed by atoms with van der Waals surface area (Å²) in [6.07, 6.45) is 3.89. The van der Waals surface area contributed by atoms with Crippen LogP contribution in [0.2, 0.25) is 0 Å². The zero-order valence-electron chi connectivity index (χ0n) is 10.9. The third kappa shape index (κ3) is 3.33. The number of hydrogen-bond acceptors (Lipinski definition) is 2. The number of carboxylic acids is 1. The Labute approximate surface area is 108 Å². The first-order chi connectivity index (χ1) is 8.69. The van der Waals surface area contributed by atoms with E-state index in [9.17, 15) is 4.79 Å². The first kappa shape index (κ1) is 13.1. The Hall–Kier alpha value is -1.35. The minimum absolute atomic E-state index is 0.365. The molecule has 1 N–H and O–H groups in total. The van der Waals surface area contributed by atoms with E-state index in [1.807, 2.05) is 12.1 Å². The third-order valence-corrected chi connectivity index (χ3v) is 3.79. The summed E-state index contributed by atoms with van der Waals surface area (Å²) in [6.45, 7) is 5.54. The van der Waals surface area contributed by atoms with Gasteiger partial charge in [0.1, 0.15) is 0 Å². The zero-order valence-corrected chi connectivity index (χ0v) is 10.9. The van der Waals surface area contributed by atoms with Gasteiger partial charge < -0.3 is 5.11 Å². The molecule has 3 nitrogen and oxygen atoms in total. The molecule has 98 valence electrons. The van der Waals surface area contributed by atoms with Gasteiger partial charge in [-0.2, -0.15) is 0 Å². The van der Waals surface area contributed by atoms with Crippen LogP contribution >= 0.6 is 0 Å². The molecule has 0 bridgehead atoms. The predicted octanol–water partition coefficient (Wildman–Crippen LogP) is 3.01. The van der Waals surface area contributed by atoms with Gasteiger partial charge in [0.2, 0.25) is 0 Å². The second kappa shape index (κ2) is 6.01. The summed E-state index contributed by atoms with van der Waals surface area (Å²) in [5.74, 6) is -0.0254. The van der Waals surface area contributed by atoms with E-state index in [0.717, 1.165) is 19.0 Å². The normalized spacial score (nSPS) is 20.8. The van der Waals surface area contributed by atoms with Crippen LogP contribution < -0.4 is 0 Å². The highest BCUT2D eigenvalue weighted by molar-refractivity contribution is 5.87. The Balaban J connectivity index is 1.94. The lowest BCUT2D eigenvalue weighted by atomic mass is 9.95. The van der Waals surface area contributed by atoms with Gasteiger partial charge >= 0.3 is 5.97 Å². The van der Waals surface area contributed by atoms with Crippen molar-refractivity contribution in [3.05, 3.63) is 35.4 Å². The molecule has 1 aliphatic heterocycles. The average molecular weight is 247 g/mol. The number of aromatic carboxylic acids is 1. The summed E-state index contributed by atoms with van der Waals surface area (Å²) in [5, 5.41) is 8.85. The standard InChI is InChI=1S/C15H21NO2/c1-2-12-4-3-9-16(10-12)11-13-5-7-14(8-6-13)15(17)18/h5-8,12H,2-4,9-11H2,1H3,(H,17,18). The fourth-order valence-corrected chi connectivity index (χ4v) is 2.64. The Kier molecular flexibility index (Phi) is 4.37. The van der Waals surface area contributed by atoms with Crippen LogP contribution in [0, 0.1) is 5.92 Å². The first-order valence-corrected chi connectivity index (χ1v) is 6.73. The highest BCUT2D eigenvalue weighted by atomic mass is 16.4. The van der Waals surface area contributed by atoms with Crippen molar-refractivity contribution in [3.63, 3.8) is 0 Å². The predicted molar refractivity (Wildman–Crippen MR) is 71.7 cm³/mol. The summed E-state index contributed by atoms with van der Waals surface area (Å²) in [4.78, 5) is 13.3. The van der Waals surface area contributed by atoms with Gasteiger partial charge in [-0.05, 0) is 43.0 Å². The molecule has 18 heavy (non-hydrogen) atoms. The van der Waals surface area contributed by atoms with Crippen LogP contribution in [0.5, 0.6) is 0 Å². The summed E-state index contributed by atoms with van der Waals surface area (Å²) < 4.78 is 0. The molecule has 1 heterocycles. The van der Waals surface area contributed by atoms with Crippen molar-refractivity contribution in [1.82, 2.24) is 4.90 Å². The lowest BCUT2D eigenvalue weighted by molar-refractivity contribution is 0.0697. The average Bonchev–Trinajstić information content (AvgIpc) is 2.39. The summed E-state index contributed by atoms with van der Waals surface area (Å²) in [7, 11) is 0. The number of hydrogen-bond donors (Lipinski definition) is 1. The number of nitrogens with zero attached hydrogens (tertiary/aromatic N) is 1. The van der Waals surface area contributed by atoms with Gasteiger partial charge in [0.05, 0.1) is 5.56 Å². The number of likely N-dealkylation sites (tertiary alicyclic amines) is 1. The van der Waals surface area contributed by atoms with Crippen molar-refractivity contribution in [3.8, 4) is 0 Å². The summed E-state index contributed by atoms with van der Waals surface area (Å²) in [5.41, 5.74) is 1.57. The molecule has 0 spiro atoms. The minimum Gasteiger partial charge on any atom is -0.478 e. The van der Waals surface area contributed by atoms with Crippen LogP contribution in [0.15, 0.2) is 24.3 Å². The number of carboxylic acid groups (broad SMARTS) is 1. The van der Waals surface area contributed by atoms with E-state index >= 15 is 0 Å². The molecule has 1 aromatic carbocycles. The number of carbonyl (C=O) groups is 1. The lowest BCUT2D eigenvalue weighted by Gasteiger charge is -2.32. The fourth-order valence-electron chi connectivity index (χ4n) is 2.64. The first-order valence-electron chi connectivity index (χ1n) is 6.73. The Bertz CT molecular complexity index is 399. The van der Waals surface area contributed by atoms with Crippen LogP contribution in [-0.2, 0) is 6.54 Å². The van der Waals surface area contributed by atoms with Gasteiger partial charge in [0, 0.05) is 13.1 Å². The van der Waals surface area contributed by atoms with Gasteiger partial charge in [0.25, 0.3) is 0 Å². The molecule has 1 aliphatic rings. The summed E-state index contributed by atoms with van der Waals surface area (Å²) >= 11 is 0. The maximum Gasteiger partial charge on any atom is 0.335 e. The van der Waals surface area contributed by atoms with Gasteiger partial charge in [-0.25, -0.2) is 4.79 Å². The van der Waals surface area contributed by atoms with E-state index in [4.69, 9.17) is 5.11 Å². The molecule has 1 aromatic rings. The Morgan fingerprint density at radius 3 is 2.72 bits per heavy atom. The van der Waals surface area contributed by atoms with Gasteiger partial charge in [-0.3, -0.25) is 4.90 Å². The topological polar surface area (TPSA) is 40.5 Å². The van der Waals surface area contributed by atoms with Gasteiger partial charge in [0.15, 0.2) is 0 Å². The highest BCUT2D eigenvalue weighted by Crippen LogP contribution is 2.20. The van der Waals surface area contributed by atoms with E-state index in [1.165, 1.54) is 31.4 Å². The smallest absolute Gasteiger partial charge is 0.335 e. The van der Waals surface area contributed by atoms with E-state index in [2.05, 4.69) is 11.8 Å².